The Morgan fingerprint density at radius 2 is 1.73 bits per heavy atom. The van der Waals surface area contributed by atoms with Crippen LogP contribution in [0.2, 0.25) is 0 Å². The number of piperidine rings is 1. The lowest BCUT2D eigenvalue weighted by Gasteiger charge is -2.38. The first kappa shape index (κ1) is 22.3. The van der Waals surface area contributed by atoms with Crippen LogP contribution in [0.5, 0.6) is 5.75 Å². The third-order valence-electron chi connectivity index (χ3n) is 5.65. The number of likely N-dealkylation sites (tertiary alicyclic amines) is 1. The maximum atomic E-state index is 12.6. The fourth-order valence-corrected chi connectivity index (χ4v) is 3.89. The molecule has 30 heavy (non-hydrogen) atoms. The van der Waals surface area contributed by atoms with Gasteiger partial charge in [0.1, 0.15) is 18.0 Å². The third-order valence-corrected chi connectivity index (χ3v) is 5.65. The lowest BCUT2D eigenvalue weighted by atomic mass is 9.92. The van der Waals surface area contributed by atoms with Crippen LogP contribution in [0.25, 0.3) is 0 Å². The highest BCUT2D eigenvalue weighted by Gasteiger charge is 2.34. The standard InChI is InChI=1S/C25H34N2O3/c1-20-9-11-22(12-10-20)30-19-25(29)13-15-27(16-14-25)18-23(28)26-24(2,3)17-21-7-5-4-6-8-21/h4-12,29H,13-19H2,1-3H3,(H,26,28). The molecule has 1 amide bonds. The molecule has 2 aromatic carbocycles. The Morgan fingerprint density at radius 3 is 2.37 bits per heavy atom. The summed E-state index contributed by atoms with van der Waals surface area (Å²) in [7, 11) is 0. The van der Waals surface area contributed by atoms with Crippen molar-refractivity contribution in [3.63, 3.8) is 0 Å². The highest BCUT2D eigenvalue weighted by molar-refractivity contribution is 5.78. The van der Waals surface area contributed by atoms with Crippen LogP contribution in [0, 0.1) is 6.92 Å². The molecule has 1 saturated heterocycles. The van der Waals surface area contributed by atoms with E-state index in [1.165, 1.54) is 11.1 Å². The van der Waals surface area contributed by atoms with Crippen molar-refractivity contribution in [1.82, 2.24) is 10.2 Å². The van der Waals surface area contributed by atoms with Gasteiger partial charge in [-0.2, -0.15) is 0 Å². The van der Waals surface area contributed by atoms with Gasteiger partial charge < -0.3 is 15.2 Å². The van der Waals surface area contributed by atoms with Crippen LogP contribution in [0.1, 0.15) is 37.8 Å². The van der Waals surface area contributed by atoms with Gasteiger partial charge in [0.2, 0.25) is 5.91 Å². The van der Waals surface area contributed by atoms with Crippen molar-refractivity contribution in [2.24, 2.45) is 0 Å². The number of benzene rings is 2. The third kappa shape index (κ3) is 6.85. The highest BCUT2D eigenvalue weighted by atomic mass is 16.5. The molecule has 3 rings (SSSR count). The Balaban J connectivity index is 1.42. The second-order valence-corrected chi connectivity index (χ2v) is 9.20. The van der Waals surface area contributed by atoms with Gasteiger partial charge in [0, 0.05) is 18.6 Å². The SMILES string of the molecule is Cc1ccc(OCC2(O)CCN(CC(=O)NC(C)(C)Cc3ccccc3)CC2)cc1. The summed E-state index contributed by atoms with van der Waals surface area (Å²) in [6.45, 7) is 8.13. The van der Waals surface area contributed by atoms with Crippen molar-refractivity contribution in [1.29, 1.82) is 0 Å². The first-order chi connectivity index (χ1) is 14.2. The molecular formula is C25H34N2O3. The molecule has 1 fully saturated rings. The summed E-state index contributed by atoms with van der Waals surface area (Å²) in [6, 6.07) is 18.0. The van der Waals surface area contributed by atoms with Crippen molar-refractivity contribution >= 4 is 5.91 Å². The second kappa shape index (κ2) is 9.63. The summed E-state index contributed by atoms with van der Waals surface area (Å²) in [5.74, 6) is 0.800. The molecule has 0 radical (unpaired) electrons. The Morgan fingerprint density at radius 1 is 1.10 bits per heavy atom. The maximum absolute atomic E-state index is 12.6. The number of rotatable bonds is 8. The second-order valence-electron chi connectivity index (χ2n) is 9.20. The molecule has 1 heterocycles. The zero-order chi connectivity index (χ0) is 21.6. The van der Waals surface area contributed by atoms with Crippen LogP contribution in [0.3, 0.4) is 0 Å². The topological polar surface area (TPSA) is 61.8 Å². The number of aryl methyl sites for hydroxylation is 1. The van der Waals surface area contributed by atoms with Gasteiger partial charge in [-0.05, 0) is 57.7 Å². The lowest BCUT2D eigenvalue weighted by molar-refractivity contribution is -0.125. The van der Waals surface area contributed by atoms with Gasteiger partial charge in [-0.15, -0.1) is 0 Å². The van der Waals surface area contributed by atoms with Crippen molar-refractivity contribution in [3.05, 3.63) is 65.7 Å². The summed E-state index contributed by atoms with van der Waals surface area (Å²) in [5, 5.41) is 14.0. The predicted octanol–water partition coefficient (Wildman–Crippen LogP) is 3.34. The minimum Gasteiger partial charge on any atom is -0.491 e. The molecule has 0 unspecified atom stereocenters. The van der Waals surface area contributed by atoms with Crippen molar-refractivity contribution in [3.8, 4) is 5.75 Å². The largest absolute Gasteiger partial charge is 0.491 e. The van der Waals surface area contributed by atoms with Crippen molar-refractivity contribution in [2.45, 2.75) is 51.2 Å². The number of ether oxygens (including phenoxy) is 1. The molecule has 0 bridgehead atoms. The lowest BCUT2D eigenvalue weighted by Crippen LogP contribution is -2.53. The number of hydrogen-bond donors (Lipinski definition) is 2. The molecule has 0 saturated carbocycles. The Labute approximate surface area is 180 Å². The summed E-state index contributed by atoms with van der Waals surface area (Å²) in [5.41, 5.74) is 1.24. The normalized spacial score (nSPS) is 16.8. The number of carbonyl (C=O) groups excluding carboxylic acids is 1. The first-order valence-electron chi connectivity index (χ1n) is 10.7. The van der Waals surface area contributed by atoms with E-state index in [4.69, 9.17) is 4.74 Å². The molecule has 0 aliphatic carbocycles. The van der Waals surface area contributed by atoms with Gasteiger partial charge in [-0.25, -0.2) is 0 Å². The summed E-state index contributed by atoms with van der Waals surface area (Å²) in [6.07, 6.45) is 1.98. The average Bonchev–Trinajstić information content (AvgIpc) is 2.69. The molecule has 0 aromatic heterocycles. The average molecular weight is 411 g/mol. The Bertz CT molecular complexity index is 810. The fourth-order valence-electron chi connectivity index (χ4n) is 3.89. The van der Waals surface area contributed by atoms with E-state index < -0.39 is 5.60 Å². The van der Waals surface area contributed by atoms with E-state index in [-0.39, 0.29) is 18.1 Å². The Hall–Kier alpha value is -2.37. The zero-order valence-corrected chi connectivity index (χ0v) is 18.4. The molecule has 0 atom stereocenters. The number of carbonyl (C=O) groups is 1. The number of aliphatic hydroxyl groups is 1. The summed E-state index contributed by atoms with van der Waals surface area (Å²) >= 11 is 0. The molecule has 2 aromatic rings. The van der Waals surface area contributed by atoms with Crippen LogP contribution in [-0.4, -0.2) is 53.3 Å². The maximum Gasteiger partial charge on any atom is 0.234 e. The fraction of sp³-hybridized carbons (Fsp3) is 0.480. The molecule has 5 nitrogen and oxygen atoms in total. The highest BCUT2D eigenvalue weighted by Crippen LogP contribution is 2.24. The van der Waals surface area contributed by atoms with Crippen LogP contribution in [0.4, 0.5) is 0 Å². The van der Waals surface area contributed by atoms with Gasteiger partial charge in [-0.3, -0.25) is 9.69 Å². The minimum absolute atomic E-state index is 0.0253. The van der Waals surface area contributed by atoms with E-state index in [1.54, 1.807) is 0 Å². The van der Waals surface area contributed by atoms with E-state index in [0.29, 0.717) is 32.5 Å². The van der Waals surface area contributed by atoms with E-state index in [2.05, 4.69) is 36.2 Å². The quantitative estimate of drug-likeness (QED) is 0.701. The van der Waals surface area contributed by atoms with Crippen LogP contribution < -0.4 is 10.1 Å². The summed E-state index contributed by atoms with van der Waals surface area (Å²) < 4.78 is 5.79. The van der Waals surface area contributed by atoms with Gasteiger partial charge in [-0.1, -0.05) is 48.0 Å². The van der Waals surface area contributed by atoms with Gasteiger partial charge in [0.05, 0.1) is 6.54 Å². The van der Waals surface area contributed by atoms with Crippen LogP contribution in [0.15, 0.2) is 54.6 Å². The van der Waals surface area contributed by atoms with Gasteiger partial charge >= 0.3 is 0 Å². The van der Waals surface area contributed by atoms with Crippen molar-refractivity contribution in [2.75, 3.05) is 26.2 Å². The van der Waals surface area contributed by atoms with E-state index in [1.807, 2.05) is 49.4 Å². The monoisotopic (exact) mass is 410 g/mol. The summed E-state index contributed by atoms with van der Waals surface area (Å²) in [4.78, 5) is 14.7. The molecule has 162 valence electrons. The van der Waals surface area contributed by atoms with E-state index >= 15 is 0 Å². The molecular weight excluding hydrogens is 376 g/mol. The Kier molecular flexibility index (Phi) is 7.16. The predicted molar refractivity (Wildman–Crippen MR) is 120 cm³/mol. The first-order valence-corrected chi connectivity index (χ1v) is 10.7. The number of hydrogen-bond acceptors (Lipinski definition) is 4. The smallest absolute Gasteiger partial charge is 0.234 e. The van der Waals surface area contributed by atoms with Crippen LogP contribution in [-0.2, 0) is 11.2 Å². The number of nitrogens with one attached hydrogen (secondary N) is 1. The van der Waals surface area contributed by atoms with Crippen LogP contribution >= 0.6 is 0 Å². The number of amides is 1. The zero-order valence-electron chi connectivity index (χ0n) is 18.4. The number of nitrogens with zero attached hydrogens (tertiary/aromatic N) is 1. The van der Waals surface area contributed by atoms with Crippen molar-refractivity contribution < 1.29 is 14.6 Å². The minimum atomic E-state index is -0.843. The molecule has 1 aliphatic rings. The van der Waals surface area contributed by atoms with E-state index in [0.717, 1.165) is 12.2 Å². The molecule has 1 aliphatic heterocycles. The molecule has 0 spiro atoms. The van der Waals surface area contributed by atoms with Gasteiger partial charge in [0.25, 0.3) is 0 Å². The van der Waals surface area contributed by atoms with E-state index in [9.17, 15) is 9.90 Å². The molecule has 5 heteroatoms. The molecule has 2 N–H and O–H groups in total. The van der Waals surface area contributed by atoms with Gasteiger partial charge in [0.15, 0.2) is 0 Å².